The van der Waals surface area contributed by atoms with Gasteiger partial charge in [-0.3, -0.25) is 4.79 Å². The molecule has 0 heterocycles. The Balaban J connectivity index is 1.89. The van der Waals surface area contributed by atoms with E-state index < -0.39 is 6.36 Å². The van der Waals surface area contributed by atoms with Crippen molar-refractivity contribution in [1.29, 1.82) is 0 Å². The average Bonchev–Trinajstić information content (AvgIpc) is 2.60. The van der Waals surface area contributed by atoms with Crippen LogP contribution in [0.15, 0.2) is 42.5 Å². The number of nitrogens with one attached hydrogen (secondary N) is 1. The van der Waals surface area contributed by atoms with Crippen LogP contribution in [0, 0.1) is 0 Å². The van der Waals surface area contributed by atoms with Crippen molar-refractivity contribution in [2.24, 2.45) is 0 Å². The third-order valence-corrected chi connectivity index (χ3v) is 3.46. The summed E-state index contributed by atoms with van der Waals surface area (Å²) in [5.74, 6) is 0.567. The maximum atomic E-state index is 12.1. The number of alkyl halides is 3. The van der Waals surface area contributed by atoms with Crippen LogP contribution in [0.4, 0.5) is 18.9 Å². The predicted molar refractivity (Wildman–Crippen MR) is 89.6 cm³/mol. The summed E-state index contributed by atoms with van der Waals surface area (Å²) in [7, 11) is 3.07. The zero-order valence-corrected chi connectivity index (χ0v) is 14.2. The van der Waals surface area contributed by atoms with Crippen LogP contribution in [0.25, 0.3) is 0 Å². The van der Waals surface area contributed by atoms with Crippen molar-refractivity contribution in [3.63, 3.8) is 0 Å². The molecule has 2 aromatic rings. The Hall–Kier alpha value is -2.90. The van der Waals surface area contributed by atoms with Gasteiger partial charge in [-0.2, -0.15) is 0 Å². The van der Waals surface area contributed by atoms with E-state index in [-0.39, 0.29) is 18.1 Å². The lowest BCUT2D eigenvalue weighted by atomic mass is 10.1. The van der Waals surface area contributed by atoms with Crippen LogP contribution >= 0.6 is 0 Å². The zero-order chi connectivity index (χ0) is 19.2. The van der Waals surface area contributed by atoms with Crippen molar-refractivity contribution in [1.82, 2.24) is 0 Å². The lowest BCUT2D eigenvalue weighted by Crippen LogP contribution is -2.17. The Bertz CT molecular complexity index is 745. The summed E-state index contributed by atoms with van der Waals surface area (Å²) >= 11 is 0. The minimum atomic E-state index is -4.75. The molecule has 2 rings (SSSR count). The molecule has 0 aliphatic carbocycles. The number of ether oxygens (including phenoxy) is 3. The summed E-state index contributed by atoms with van der Waals surface area (Å²) in [6, 6.07) is 10.3. The van der Waals surface area contributed by atoms with Gasteiger partial charge in [-0.05, 0) is 48.4 Å². The fraction of sp³-hybridized carbons (Fsp3) is 0.278. The molecule has 0 spiro atoms. The molecule has 0 aliphatic heterocycles. The molecule has 0 saturated heterocycles. The number of hydrogen-bond donors (Lipinski definition) is 1. The van der Waals surface area contributed by atoms with Crippen molar-refractivity contribution >= 4 is 11.6 Å². The first kappa shape index (κ1) is 19.4. The molecule has 0 bridgehead atoms. The Morgan fingerprint density at radius 3 is 2.23 bits per heavy atom. The quantitative estimate of drug-likeness (QED) is 0.796. The van der Waals surface area contributed by atoms with Crippen molar-refractivity contribution in [3.05, 3.63) is 48.0 Å². The number of rotatable bonds is 7. The van der Waals surface area contributed by atoms with Crippen molar-refractivity contribution < 1.29 is 32.2 Å². The van der Waals surface area contributed by atoms with Crippen LogP contribution in [0.3, 0.4) is 0 Å². The molecule has 0 radical (unpaired) electrons. The first-order valence-corrected chi connectivity index (χ1v) is 7.67. The standard InChI is InChI=1S/C18H18F3NO4/c1-24-15-9-3-12(11-16(15)25-2)4-10-17(23)22-13-5-7-14(8-6-13)26-18(19,20)21/h3,5-9,11H,4,10H2,1-2H3,(H,22,23). The highest BCUT2D eigenvalue weighted by atomic mass is 19.4. The molecule has 0 saturated carbocycles. The normalized spacial score (nSPS) is 11.0. The van der Waals surface area contributed by atoms with Gasteiger partial charge < -0.3 is 19.5 Å². The summed E-state index contributed by atoms with van der Waals surface area (Å²) in [5.41, 5.74) is 1.28. The Kier molecular flexibility index (Phi) is 6.32. The molecular weight excluding hydrogens is 351 g/mol. The molecule has 1 N–H and O–H groups in total. The molecule has 2 aromatic carbocycles. The molecular formula is C18H18F3NO4. The van der Waals surface area contributed by atoms with Gasteiger partial charge in [0.1, 0.15) is 5.75 Å². The third-order valence-electron chi connectivity index (χ3n) is 3.46. The van der Waals surface area contributed by atoms with Gasteiger partial charge in [0.25, 0.3) is 0 Å². The zero-order valence-electron chi connectivity index (χ0n) is 14.2. The molecule has 0 atom stereocenters. The highest BCUT2D eigenvalue weighted by Gasteiger charge is 2.30. The maximum absolute atomic E-state index is 12.1. The summed E-state index contributed by atoms with van der Waals surface area (Å²) in [6.07, 6.45) is -4.07. The van der Waals surface area contributed by atoms with Gasteiger partial charge in [0.15, 0.2) is 11.5 Å². The van der Waals surface area contributed by atoms with Crippen molar-refractivity contribution in [2.45, 2.75) is 19.2 Å². The second kappa shape index (κ2) is 8.46. The van der Waals surface area contributed by atoms with Gasteiger partial charge >= 0.3 is 6.36 Å². The van der Waals surface area contributed by atoms with Gasteiger partial charge in [0.05, 0.1) is 14.2 Å². The number of methoxy groups -OCH3 is 2. The predicted octanol–water partition coefficient (Wildman–Crippen LogP) is 4.17. The fourth-order valence-electron chi connectivity index (χ4n) is 2.26. The Morgan fingerprint density at radius 1 is 1.00 bits per heavy atom. The van der Waals surface area contributed by atoms with Gasteiger partial charge in [0, 0.05) is 12.1 Å². The maximum Gasteiger partial charge on any atom is 0.573 e. The van der Waals surface area contributed by atoms with E-state index in [0.29, 0.717) is 23.6 Å². The summed E-state index contributed by atoms with van der Waals surface area (Å²) in [6.45, 7) is 0. The first-order valence-electron chi connectivity index (χ1n) is 7.67. The van der Waals surface area contributed by atoms with Gasteiger partial charge in [-0.1, -0.05) is 6.07 Å². The molecule has 26 heavy (non-hydrogen) atoms. The highest BCUT2D eigenvalue weighted by molar-refractivity contribution is 5.90. The molecule has 0 aliphatic rings. The second-order valence-corrected chi connectivity index (χ2v) is 5.31. The van der Waals surface area contributed by atoms with E-state index in [1.54, 1.807) is 12.1 Å². The minimum Gasteiger partial charge on any atom is -0.493 e. The van der Waals surface area contributed by atoms with Crippen molar-refractivity contribution in [2.75, 3.05) is 19.5 Å². The molecule has 0 aromatic heterocycles. The number of carbonyl (C=O) groups is 1. The number of anilines is 1. The number of hydrogen-bond acceptors (Lipinski definition) is 4. The first-order chi connectivity index (χ1) is 12.3. The average molecular weight is 369 g/mol. The fourth-order valence-corrected chi connectivity index (χ4v) is 2.26. The van der Waals surface area contributed by atoms with E-state index in [9.17, 15) is 18.0 Å². The highest BCUT2D eigenvalue weighted by Crippen LogP contribution is 2.28. The van der Waals surface area contributed by atoms with Gasteiger partial charge in [-0.25, -0.2) is 0 Å². The van der Waals surface area contributed by atoms with Crippen LogP contribution in [-0.4, -0.2) is 26.5 Å². The number of amides is 1. The number of benzene rings is 2. The SMILES string of the molecule is COc1ccc(CCC(=O)Nc2ccc(OC(F)(F)F)cc2)cc1OC. The molecule has 1 amide bonds. The summed E-state index contributed by atoms with van der Waals surface area (Å²) in [4.78, 5) is 12.0. The second-order valence-electron chi connectivity index (χ2n) is 5.31. The monoisotopic (exact) mass is 369 g/mol. The Morgan fingerprint density at radius 2 is 1.65 bits per heavy atom. The third kappa shape index (κ3) is 5.87. The lowest BCUT2D eigenvalue weighted by molar-refractivity contribution is -0.274. The topological polar surface area (TPSA) is 56.8 Å². The minimum absolute atomic E-state index is 0.205. The molecule has 8 heteroatoms. The summed E-state index contributed by atoms with van der Waals surface area (Å²) in [5, 5.41) is 2.62. The van der Waals surface area contributed by atoms with Crippen LogP contribution < -0.4 is 19.5 Å². The van der Waals surface area contributed by atoms with Crippen LogP contribution in [0.2, 0.25) is 0 Å². The Labute approximate surface area is 148 Å². The van der Waals surface area contributed by atoms with Crippen LogP contribution in [0.5, 0.6) is 17.2 Å². The molecule has 0 unspecified atom stereocenters. The lowest BCUT2D eigenvalue weighted by Gasteiger charge is -2.11. The number of halogens is 3. The van der Waals surface area contributed by atoms with Crippen LogP contribution in [-0.2, 0) is 11.2 Å². The molecule has 5 nitrogen and oxygen atoms in total. The molecule has 140 valence electrons. The van der Waals surface area contributed by atoms with E-state index in [2.05, 4.69) is 10.1 Å². The van der Waals surface area contributed by atoms with Gasteiger partial charge in [-0.15, -0.1) is 13.2 Å². The van der Waals surface area contributed by atoms with E-state index in [1.807, 2.05) is 6.07 Å². The van der Waals surface area contributed by atoms with E-state index in [0.717, 1.165) is 17.7 Å². The summed E-state index contributed by atoms with van der Waals surface area (Å²) < 4.78 is 50.5. The van der Waals surface area contributed by atoms with Crippen molar-refractivity contribution in [3.8, 4) is 17.2 Å². The smallest absolute Gasteiger partial charge is 0.493 e. The number of aryl methyl sites for hydroxylation is 1. The molecule has 0 fully saturated rings. The largest absolute Gasteiger partial charge is 0.573 e. The van der Waals surface area contributed by atoms with E-state index >= 15 is 0 Å². The van der Waals surface area contributed by atoms with E-state index in [4.69, 9.17) is 9.47 Å². The number of carbonyl (C=O) groups excluding carboxylic acids is 1. The van der Waals surface area contributed by atoms with Gasteiger partial charge in [0.2, 0.25) is 5.91 Å². The van der Waals surface area contributed by atoms with Crippen LogP contribution in [0.1, 0.15) is 12.0 Å². The van der Waals surface area contributed by atoms with E-state index in [1.165, 1.54) is 26.4 Å².